The van der Waals surface area contributed by atoms with Gasteiger partial charge in [0.05, 0.1) is 0 Å². The molecular weight excluding hydrogens is 220 g/mol. The maximum absolute atomic E-state index is 6.02. The molecule has 0 fully saturated rings. The van der Waals surface area contributed by atoms with Crippen molar-refractivity contribution in [1.82, 2.24) is 5.32 Å². The lowest BCUT2D eigenvalue weighted by atomic mass is 10.1. The van der Waals surface area contributed by atoms with Gasteiger partial charge in [-0.3, -0.25) is 0 Å². The molecule has 0 saturated heterocycles. The first-order valence-electron chi connectivity index (χ1n) is 5.88. The molecule has 1 aliphatic rings. The molecule has 0 aromatic heterocycles. The molecule has 2 nitrogen and oxygen atoms in total. The van der Waals surface area contributed by atoms with Crippen LogP contribution in [0.2, 0.25) is 5.02 Å². The lowest BCUT2D eigenvalue weighted by molar-refractivity contribution is 0.564. The van der Waals surface area contributed by atoms with Gasteiger partial charge in [0.15, 0.2) is 0 Å². The second-order valence-electron chi connectivity index (χ2n) is 4.49. The average molecular weight is 239 g/mol. The highest BCUT2D eigenvalue weighted by molar-refractivity contribution is 6.30. The molecule has 1 aromatic carbocycles. The van der Waals surface area contributed by atoms with Crippen molar-refractivity contribution >= 4 is 17.3 Å². The van der Waals surface area contributed by atoms with E-state index in [9.17, 15) is 0 Å². The Kier molecular flexibility index (Phi) is 3.72. The summed E-state index contributed by atoms with van der Waals surface area (Å²) in [5.41, 5.74) is 2.74. The Hall–Kier alpha value is -0.730. The summed E-state index contributed by atoms with van der Waals surface area (Å²) >= 11 is 6.02. The van der Waals surface area contributed by atoms with Gasteiger partial charge in [-0.25, -0.2) is 0 Å². The van der Waals surface area contributed by atoms with Crippen LogP contribution in [0.25, 0.3) is 0 Å². The molecule has 0 bridgehead atoms. The molecule has 1 unspecified atom stereocenters. The van der Waals surface area contributed by atoms with Crippen molar-refractivity contribution in [2.75, 3.05) is 25.5 Å². The fraction of sp³-hybridized carbons (Fsp3) is 0.538. The molecular formula is C13H19ClN2. The largest absolute Gasteiger partial charge is 0.371 e. The van der Waals surface area contributed by atoms with Gasteiger partial charge in [-0.05, 0) is 56.6 Å². The Balaban J connectivity index is 2.02. The Morgan fingerprint density at radius 3 is 3.06 bits per heavy atom. The van der Waals surface area contributed by atoms with Gasteiger partial charge in [-0.1, -0.05) is 11.6 Å². The molecule has 2 rings (SSSR count). The van der Waals surface area contributed by atoms with Crippen LogP contribution in [0.5, 0.6) is 0 Å². The molecule has 0 saturated carbocycles. The monoisotopic (exact) mass is 238 g/mol. The van der Waals surface area contributed by atoms with E-state index >= 15 is 0 Å². The molecule has 0 amide bonds. The van der Waals surface area contributed by atoms with Crippen LogP contribution < -0.4 is 10.2 Å². The number of hydrogen-bond donors (Lipinski definition) is 1. The Labute approximate surface area is 103 Å². The van der Waals surface area contributed by atoms with E-state index in [-0.39, 0.29) is 0 Å². The number of anilines is 1. The van der Waals surface area contributed by atoms with Gasteiger partial charge >= 0.3 is 0 Å². The van der Waals surface area contributed by atoms with Crippen LogP contribution >= 0.6 is 11.6 Å². The lowest BCUT2D eigenvalue weighted by Gasteiger charge is -2.22. The third-order valence-electron chi connectivity index (χ3n) is 3.39. The predicted octanol–water partition coefficient (Wildman–Crippen LogP) is 2.70. The van der Waals surface area contributed by atoms with Crippen LogP contribution in [-0.4, -0.2) is 26.7 Å². The molecule has 16 heavy (non-hydrogen) atoms. The summed E-state index contributed by atoms with van der Waals surface area (Å²) < 4.78 is 0. The quantitative estimate of drug-likeness (QED) is 0.812. The molecule has 0 aliphatic carbocycles. The van der Waals surface area contributed by atoms with E-state index in [2.05, 4.69) is 29.4 Å². The van der Waals surface area contributed by atoms with Crippen LogP contribution in [0.1, 0.15) is 18.4 Å². The van der Waals surface area contributed by atoms with E-state index < -0.39 is 0 Å². The molecule has 1 heterocycles. The first kappa shape index (κ1) is 11.7. The highest BCUT2D eigenvalue weighted by Crippen LogP contribution is 2.34. The fourth-order valence-corrected chi connectivity index (χ4v) is 2.65. The minimum Gasteiger partial charge on any atom is -0.371 e. The minimum atomic E-state index is 0.641. The second kappa shape index (κ2) is 5.07. The molecule has 0 radical (unpaired) electrons. The summed E-state index contributed by atoms with van der Waals surface area (Å²) in [5, 5.41) is 4.05. The van der Waals surface area contributed by atoms with Crippen LogP contribution in [-0.2, 0) is 6.42 Å². The zero-order valence-electron chi connectivity index (χ0n) is 9.96. The van der Waals surface area contributed by atoms with Gasteiger partial charge in [0.25, 0.3) is 0 Å². The normalized spacial score (nSPS) is 18.9. The highest BCUT2D eigenvalue weighted by Gasteiger charge is 2.25. The third-order valence-corrected chi connectivity index (χ3v) is 3.62. The summed E-state index contributed by atoms with van der Waals surface area (Å²) in [4.78, 5) is 2.39. The van der Waals surface area contributed by atoms with Crippen LogP contribution in [0.4, 0.5) is 5.69 Å². The number of likely N-dealkylation sites (N-methyl/N-ethyl adjacent to an activating group) is 1. The van der Waals surface area contributed by atoms with Gasteiger partial charge in [0.2, 0.25) is 0 Å². The van der Waals surface area contributed by atoms with Gasteiger partial charge in [0, 0.05) is 23.8 Å². The minimum absolute atomic E-state index is 0.641. The van der Waals surface area contributed by atoms with Gasteiger partial charge in [0.1, 0.15) is 0 Å². The SMILES string of the molecule is CNCCCC1Cc2cc(Cl)ccc2N1C. The number of nitrogens with one attached hydrogen (secondary N) is 1. The van der Waals surface area contributed by atoms with E-state index in [1.54, 1.807) is 0 Å². The molecule has 1 atom stereocenters. The van der Waals surface area contributed by atoms with Crippen molar-refractivity contribution in [2.45, 2.75) is 25.3 Å². The van der Waals surface area contributed by atoms with Crippen LogP contribution in [0, 0.1) is 0 Å². The van der Waals surface area contributed by atoms with Crippen molar-refractivity contribution in [3.05, 3.63) is 28.8 Å². The summed E-state index contributed by atoms with van der Waals surface area (Å²) in [5.74, 6) is 0. The Bertz CT molecular complexity index is 365. The molecule has 1 aliphatic heterocycles. The maximum atomic E-state index is 6.02. The molecule has 1 N–H and O–H groups in total. The molecule has 3 heteroatoms. The first-order chi connectivity index (χ1) is 7.72. The maximum Gasteiger partial charge on any atom is 0.0410 e. The highest BCUT2D eigenvalue weighted by atomic mass is 35.5. The second-order valence-corrected chi connectivity index (χ2v) is 4.92. The molecule has 88 valence electrons. The van der Waals surface area contributed by atoms with Crippen LogP contribution in [0.15, 0.2) is 18.2 Å². The molecule has 1 aromatic rings. The van der Waals surface area contributed by atoms with E-state index in [1.165, 1.54) is 24.1 Å². The number of hydrogen-bond acceptors (Lipinski definition) is 2. The number of benzene rings is 1. The van der Waals surface area contributed by atoms with Crippen molar-refractivity contribution in [1.29, 1.82) is 0 Å². The summed E-state index contributed by atoms with van der Waals surface area (Å²) in [6.45, 7) is 1.10. The van der Waals surface area contributed by atoms with Crippen molar-refractivity contribution in [3.63, 3.8) is 0 Å². The zero-order chi connectivity index (χ0) is 11.5. The number of rotatable bonds is 4. The topological polar surface area (TPSA) is 15.3 Å². The third kappa shape index (κ3) is 2.33. The number of halogens is 1. The van der Waals surface area contributed by atoms with E-state index in [0.717, 1.165) is 18.0 Å². The predicted molar refractivity (Wildman–Crippen MR) is 70.5 cm³/mol. The van der Waals surface area contributed by atoms with Crippen molar-refractivity contribution in [3.8, 4) is 0 Å². The van der Waals surface area contributed by atoms with Crippen molar-refractivity contribution < 1.29 is 0 Å². The Morgan fingerprint density at radius 2 is 2.31 bits per heavy atom. The van der Waals surface area contributed by atoms with E-state index in [1.807, 2.05) is 13.1 Å². The molecule has 0 spiro atoms. The summed E-state index contributed by atoms with van der Waals surface area (Å²) in [6, 6.07) is 6.86. The lowest BCUT2D eigenvalue weighted by Crippen LogP contribution is -2.28. The van der Waals surface area contributed by atoms with E-state index in [0.29, 0.717) is 6.04 Å². The number of nitrogens with zero attached hydrogens (tertiary/aromatic N) is 1. The number of fused-ring (bicyclic) bond motifs is 1. The van der Waals surface area contributed by atoms with Gasteiger partial charge < -0.3 is 10.2 Å². The average Bonchev–Trinajstić information content (AvgIpc) is 2.56. The summed E-state index contributed by atoms with van der Waals surface area (Å²) in [6.07, 6.45) is 3.60. The standard InChI is InChI=1S/C13H19ClN2/c1-15-7-3-4-12-9-10-8-11(14)5-6-13(10)16(12)2/h5-6,8,12,15H,3-4,7,9H2,1-2H3. The fourth-order valence-electron chi connectivity index (χ4n) is 2.46. The Morgan fingerprint density at radius 1 is 1.50 bits per heavy atom. The first-order valence-corrected chi connectivity index (χ1v) is 6.26. The summed E-state index contributed by atoms with van der Waals surface area (Å²) in [7, 11) is 4.19. The van der Waals surface area contributed by atoms with E-state index in [4.69, 9.17) is 11.6 Å². The smallest absolute Gasteiger partial charge is 0.0410 e. The van der Waals surface area contributed by atoms with Crippen molar-refractivity contribution in [2.24, 2.45) is 0 Å². The van der Waals surface area contributed by atoms with Crippen LogP contribution in [0.3, 0.4) is 0 Å². The van der Waals surface area contributed by atoms with Gasteiger partial charge in [-0.15, -0.1) is 0 Å². The zero-order valence-corrected chi connectivity index (χ0v) is 10.7. The van der Waals surface area contributed by atoms with Gasteiger partial charge in [-0.2, -0.15) is 0 Å².